The minimum Gasteiger partial charge on any atom is -0.497 e. The van der Waals surface area contributed by atoms with E-state index in [1.165, 1.54) is 44.2 Å². The van der Waals surface area contributed by atoms with E-state index in [1.807, 2.05) is 36.4 Å². The molecule has 33 heavy (non-hydrogen) atoms. The van der Waals surface area contributed by atoms with Gasteiger partial charge in [-0.1, -0.05) is 32.3 Å². The molecule has 1 fully saturated rings. The summed E-state index contributed by atoms with van der Waals surface area (Å²) in [7, 11) is 3.37. The van der Waals surface area contributed by atoms with Crippen molar-refractivity contribution in [2.75, 3.05) is 26.0 Å². The Hall–Kier alpha value is -3.37. The van der Waals surface area contributed by atoms with Crippen LogP contribution >= 0.6 is 0 Å². The zero-order valence-corrected chi connectivity index (χ0v) is 19.6. The van der Waals surface area contributed by atoms with E-state index in [2.05, 4.69) is 22.7 Å². The number of nitrogens with one attached hydrogen (secondary N) is 2. The summed E-state index contributed by atoms with van der Waals surface area (Å²) < 4.78 is 20.9. The van der Waals surface area contributed by atoms with Gasteiger partial charge in [0.2, 0.25) is 0 Å². The Balaban J connectivity index is 0.000000286. The number of methoxy groups -OCH3 is 1. The fourth-order valence-electron chi connectivity index (χ4n) is 3.99. The van der Waals surface area contributed by atoms with E-state index in [1.54, 1.807) is 24.9 Å². The summed E-state index contributed by atoms with van der Waals surface area (Å²) in [6, 6.07) is 16.4. The lowest BCUT2D eigenvalue weighted by Crippen LogP contribution is -2.30. The smallest absolute Gasteiger partial charge is 0.148 e. The van der Waals surface area contributed by atoms with Crippen LogP contribution in [0.4, 0.5) is 10.2 Å². The van der Waals surface area contributed by atoms with Gasteiger partial charge in [-0.25, -0.2) is 9.07 Å². The first-order valence-corrected chi connectivity index (χ1v) is 11.4. The molecule has 0 radical (unpaired) electrons. The lowest BCUT2D eigenvalue weighted by atomic mass is 9.96. The van der Waals surface area contributed by atoms with Gasteiger partial charge in [-0.05, 0) is 55.8 Å². The first kappa shape index (κ1) is 24.3. The van der Waals surface area contributed by atoms with Gasteiger partial charge >= 0.3 is 0 Å². The highest BCUT2D eigenvalue weighted by Crippen LogP contribution is 2.28. The van der Waals surface area contributed by atoms with Crippen LogP contribution in [0.15, 0.2) is 48.5 Å². The monoisotopic (exact) mass is 449 g/mol. The van der Waals surface area contributed by atoms with E-state index in [-0.39, 0.29) is 5.56 Å². The van der Waals surface area contributed by atoms with Crippen molar-refractivity contribution in [1.29, 1.82) is 5.26 Å². The fourth-order valence-corrected chi connectivity index (χ4v) is 3.99. The van der Waals surface area contributed by atoms with Crippen LogP contribution in [-0.4, -0.2) is 36.5 Å². The highest BCUT2D eigenvalue weighted by molar-refractivity contribution is 5.67. The summed E-state index contributed by atoms with van der Waals surface area (Å²) in [5.74, 6) is 0.847. The number of hydrogen-bond acceptors (Lipinski definition) is 5. The normalized spacial score (nSPS) is 13.5. The summed E-state index contributed by atoms with van der Waals surface area (Å²) in [6.45, 7) is 3.33. The summed E-state index contributed by atoms with van der Waals surface area (Å²) in [5, 5.41) is 19.8. The average Bonchev–Trinajstić information content (AvgIpc) is 3.30. The van der Waals surface area contributed by atoms with Crippen molar-refractivity contribution >= 4 is 5.82 Å². The van der Waals surface area contributed by atoms with Gasteiger partial charge in [-0.15, -0.1) is 5.10 Å². The maximum atomic E-state index is 14.0. The second-order valence-corrected chi connectivity index (χ2v) is 7.97. The summed E-state index contributed by atoms with van der Waals surface area (Å²) in [4.78, 5) is 0. The molecule has 7 heteroatoms. The van der Waals surface area contributed by atoms with Crippen molar-refractivity contribution in [2.45, 2.75) is 45.1 Å². The molecule has 0 unspecified atom stereocenters. The quantitative estimate of drug-likeness (QED) is 0.518. The van der Waals surface area contributed by atoms with Gasteiger partial charge in [0.15, 0.2) is 0 Å². The molecule has 4 rings (SSSR count). The minimum atomic E-state index is -0.552. The Morgan fingerprint density at radius 3 is 2.42 bits per heavy atom. The molecule has 0 saturated heterocycles. The molecule has 0 amide bonds. The number of aromatic nitrogens is 2. The standard InChI is InChI=1S/C18H15FN4O.C8H17N/c1-21-18-10-17(12-3-4-13(11-20)16(19)9-12)23(22-18)14-5-7-15(24-2)8-6-14;1-2-9-8-6-4-3-5-7-8/h3-10H,1-2H3,(H,21,22);8-9H,2-7H2,1H3. The maximum Gasteiger partial charge on any atom is 0.148 e. The number of ether oxygens (including phenoxy) is 1. The third-order valence-corrected chi connectivity index (χ3v) is 5.77. The average molecular weight is 450 g/mol. The molecule has 0 spiro atoms. The van der Waals surface area contributed by atoms with Crippen molar-refractivity contribution in [3.8, 4) is 28.8 Å². The third kappa shape index (κ3) is 6.33. The number of anilines is 1. The van der Waals surface area contributed by atoms with Gasteiger partial charge < -0.3 is 15.4 Å². The Morgan fingerprint density at radius 1 is 1.12 bits per heavy atom. The first-order valence-electron chi connectivity index (χ1n) is 11.4. The number of hydrogen-bond donors (Lipinski definition) is 2. The Bertz CT molecular complexity index is 1060. The van der Waals surface area contributed by atoms with Crippen molar-refractivity contribution in [1.82, 2.24) is 15.1 Å². The number of rotatable bonds is 6. The van der Waals surface area contributed by atoms with Crippen LogP contribution in [-0.2, 0) is 0 Å². The van der Waals surface area contributed by atoms with E-state index < -0.39 is 5.82 Å². The van der Waals surface area contributed by atoms with Crippen molar-refractivity contribution in [2.24, 2.45) is 0 Å². The molecule has 1 heterocycles. The lowest BCUT2D eigenvalue weighted by Gasteiger charge is -2.21. The lowest BCUT2D eigenvalue weighted by molar-refractivity contribution is 0.380. The second kappa shape index (κ2) is 12.0. The SMILES string of the molecule is CCNC1CCCCC1.CNc1cc(-c2ccc(C#N)c(F)c2)n(-c2ccc(OC)cc2)n1. The Kier molecular flexibility index (Phi) is 8.85. The Labute approximate surface area is 195 Å². The zero-order chi connectivity index (χ0) is 23.6. The van der Waals surface area contributed by atoms with E-state index in [4.69, 9.17) is 10.00 Å². The van der Waals surface area contributed by atoms with Gasteiger partial charge in [0.25, 0.3) is 0 Å². The van der Waals surface area contributed by atoms with E-state index in [9.17, 15) is 4.39 Å². The topological polar surface area (TPSA) is 74.9 Å². The fraction of sp³-hybridized carbons (Fsp3) is 0.385. The van der Waals surface area contributed by atoms with Gasteiger partial charge in [-0.2, -0.15) is 5.26 Å². The molecule has 0 atom stereocenters. The predicted molar refractivity (Wildman–Crippen MR) is 130 cm³/mol. The second-order valence-electron chi connectivity index (χ2n) is 7.97. The van der Waals surface area contributed by atoms with E-state index in [0.29, 0.717) is 17.1 Å². The molecule has 1 aromatic heterocycles. The molecule has 1 aliphatic carbocycles. The minimum absolute atomic E-state index is 0.0168. The van der Waals surface area contributed by atoms with Crippen LogP contribution in [0.1, 0.15) is 44.6 Å². The number of nitriles is 1. The van der Waals surface area contributed by atoms with Gasteiger partial charge in [0, 0.05) is 24.7 Å². The molecule has 3 aromatic rings. The predicted octanol–water partition coefficient (Wildman–Crippen LogP) is 5.53. The zero-order valence-electron chi connectivity index (χ0n) is 19.6. The largest absolute Gasteiger partial charge is 0.497 e. The number of benzene rings is 2. The van der Waals surface area contributed by atoms with Crippen LogP contribution in [0, 0.1) is 17.1 Å². The molecule has 2 aromatic carbocycles. The van der Waals surface area contributed by atoms with E-state index in [0.717, 1.165) is 24.0 Å². The highest BCUT2D eigenvalue weighted by atomic mass is 19.1. The van der Waals surface area contributed by atoms with Crippen LogP contribution in [0.25, 0.3) is 16.9 Å². The Morgan fingerprint density at radius 2 is 1.85 bits per heavy atom. The number of halogens is 1. The molecule has 2 N–H and O–H groups in total. The molecule has 6 nitrogen and oxygen atoms in total. The first-order chi connectivity index (χ1) is 16.1. The third-order valence-electron chi connectivity index (χ3n) is 5.77. The molecule has 174 valence electrons. The summed E-state index contributed by atoms with van der Waals surface area (Å²) >= 11 is 0. The molecular weight excluding hydrogens is 417 g/mol. The van der Waals surface area contributed by atoms with Gasteiger partial charge in [0.1, 0.15) is 23.5 Å². The summed E-state index contributed by atoms with van der Waals surface area (Å²) in [6.07, 6.45) is 7.17. The molecule has 1 saturated carbocycles. The molecular formula is C26H32FN5O. The van der Waals surface area contributed by atoms with Crippen molar-refractivity contribution < 1.29 is 9.13 Å². The van der Waals surface area contributed by atoms with E-state index >= 15 is 0 Å². The summed E-state index contributed by atoms with van der Waals surface area (Å²) in [5.41, 5.74) is 2.18. The van der Waals surface area contributed by atoms with Crippen LogP contribution < -0.4 is 15.4 Å². The van der Waals surface area contributed by atoms with Crippen LogP contribution in [0.3, 0.4) is 0 Å². The van der Waals surface area contributed by atoms with Gasteiger partial charge in [-0.3, -0.25) is 0 Å². The highest BCUT2D eigenvalue weighted by Gasteiger charge is 2.14. The van der Waals surface area contributed by atoms with Crippen LogP contribution in [0.2, 0.25) is 0 Å². The van der Waals surface area contributed by atoms with Crippen molar-refractivity contribution in [3.05, 3.63) is 59.9 Å². The van der Waals surface area contributed by atoms with Crippen LogP contribution in [0.5, 0.6) is 5.75 Å². The van der Waals surface area contributed by atoms with Gasteiger partial charge in [0.05, 0.1) is 24.1 Å². The number of nitrogens with zero attached hydrogens (tertiary/aromatic N) is 3. The molecule has 0 bridgehead atoms. The molecule has 0 aliphatic heterocycles. The maximum absolute atomic E-state index is 14.0. The van der Waals surface area contributed by atoms with Crippen molar-refractivity contribution in [3.63, 3.8) is 0 Å². The molecule has 1 aliphatic rings.